The third kappa shape index (κ3) is 4.55. The summed E-state index contributed by atoms with van der Waals surface area (Å²) < 4.78 is 0. The van der Waals surface area contributed by atoms with E-state index in [4.69, 9.17) is 0 Å². The van der Waals surface area contributed by atoms with E-state index in [1.54, 1.807) is 0 Å². The molecule has 4 nitrogen and oxygen atoms in total. The van der Waals surface area contributed by atoms with Crippen molar-refractivity contribution < 1.29 is 4.79 Å². The van der Waals surface area contributed by atoms with Gasteiger partial charge in [0.25, 0.3) is 5.91 Å². The van der Waals surface area contributed by atoms with Crippen molar-refractivity contribution in [3.05, 3.63) is 35.4 Å². The van der Waals surface area contributed by atoms with Gasteiger partial charge in [-0.2, -0.15) is 0 Å². The van der Waals surface area contributed by atoms with Gasteiger partial charge in [-0.15, -0.1) is 0 Å². The molecule has 0 unspecified atom stereocenters. The lowest BCUT2D eigenvalue weighted by atomic mass is 10.1. The molecule has 1 fully saturated rings. The van der Waals surface area contributed by atoms with Crippen LogP contribution in [0.2, 0.25) is 0 Å². The number of nitrogens with zero attached hydrogens (tertiary/aromatic N) is 2. The maximum absolute atomic E-state index is 12.5. The van der Waals surface area contributed by atoms with Crippen LogP contribution >= 0.6 is 0 Å². The van der Waals surface area contributed by atoms with Crippen LogP contribution in [0.15, 0.2) is 24.3 Å². The molecule has 1 aliphatic heterocycles. The Kier molecular flexibility index (Phi) is 6.21. The van der Waals surface area contributed by atoms with Crippen molar-refractivity contribution >= 4 is 5.91 Å². The molecule has 0 radical (unpaired) electrons. The van der Waals surface area contributed by atoms with Crippen molar-refractivity contribution in [3.63, 3.8) is 0 Å². The van der Waals surface area contributed by atoms with Crippen LogP contribution in [0.25, 0.3) is 0 Å². The molecular weight excluding hydrogens is 262 g/mol. The number of rotatable bonds is 5. The van der Waals surface area contributed by atoms with Crippen LogP contribution < -0.4 is 5.32 Å². The molecule has 0 atom stereocenters. The first kappa shape index (κ1) is 16.0. The van der Waals surface area contributed by atoms with Gasteiger partial charge in [-0.05, 0) is 43.8 Å². The molecule has 1 aromatic rings. The Morgan fingerprint density at radius 1 is 1.14 bits per heavy atom. The lowest BCUT2D eigenvalue weighted by Gasteiger charge is -2.21. The third-order valence-electron chi connectivity index (χ3n) is 4.13. The maximum atomic E-state index is 12.5. The summed E-state index contributed by atoms with van der Waals surface area (Å²) in [7, 11) is 0. The first-order chi connectivity index (χ1) is 10.2. The number of hydrogen-bond acceptors (Lipinski definition) is 3. The Bertz CT molecular complexity index is 432. The second kappa shape index (κ2) is 8.15. The molecule has 1 amide bonds. The van der Waals surface area contributed by atoms with Gasteiger partial charge in [-0.25, -0.2) is 0 Å². The van der Waals surface area contributed by atoms with E-state index in [0.717, 1.165) is 57.8 Å². The van der Waals surface area contributed by atoms with Crippen molar-refractivity contribution in [3.8, 4) is 0 Å². The normalized spacial score (nSPS) is 16.0. The molecule has 1 saturated heterocycles. The summed E-state index contributed by atoms with van der Waals surface area (Å²) >= 11 is 0. The van der Waals surface area contributed by atoms with Crippen molar-refractivity contribution in [2.45, 2.75) is 26.8 Å². The molecule has 1 heterocycles. The van der Waals surface area contributed by atoms with Gasteiger partial charge >= 0.3 is 0 Å². The average molecular weight is 289 g/mol. The van der Waals surface area contributed by atoms with Crippen LogP contribution in [0, 0.1) is 0 Å². The number of amides is 1. The number of carbonyl (C=O) groups is 1. The van der Waals surface area contributed by atoms with Crippen molar-refractivity contribution in [1.82, 2.24) is 15.1 Å². The summed E-state index contributed by atoms with van der Waals surface area (Å²) in [6, 6.07) is 8.11. The van der Waals surface area contributed by atoms with Gasteiger partial charge in [0.1, 0.15) is 0 Å². The molecule has 2 rings (SSSR count). The Balaban J connectivity index is 1.98. The highest BCUT2D eigenvalue weighted by Gasteiger charge is 2.16. The Labute approximate surface area is 128 Å². The van der Waals surface area contributed by atoms with E-state index in [0.29, 0.717) is 0 Å². The smallest absolute Gasteiger partial charge is 0.253 e. The quantitative estimate of drug-likeness (QED) is 0.900. The second-order valence-corrected chi connectivity index (χ2v) is 5.55. The molecule has 1 aliphatic rings. The van der Waals surface area contributed by atoms with Gasteiger partial charge in [-0.3, -0.25) is 9.69 Å². The zero-order valence-electron chi connectivity index (χ0n) is 13.3. The van der Waals surface area contributed by atoms with Crippen LogP contribution in [0.5, 0.6) is 0 Å². The van der Waals surface area contributed by atoms with E-state index in [2.05, 4.69) is 36.2 Å². The minimum Gasteiger partial charge on any atom is -0.337 e. The molecular formula is C17H27N3O. The monoisotopic (exact) mass is 289 g/mol. The van der Waals surface area contributed by atoms with Gasteiger partial charge < -0.3 is 10.2 Å². The zero-order valence-corrected chi connectivity index (χ0v) is 13.3. The first-order valence-electron chi connectivity index (χ1n) is 8.06. The lowest BCUT2D eigenvalue weighted by molar-refractivity contribution is 0.0766. The Morgan fingerprint density at radius 3 is 2.52 bits per heavy atom. The highest BCUT2D eigenvalue weighted by Crippen LogP contribution is 2.11. The van der Waals surface area contributed by atoms with Crippen LogP contribution in [-0.4, -0.2) is 55.0 Å². The molecule has 1 N–H and O–H groups in total. The fraction of sp³-hybridized carbons (Fsp3) is 0.588. The molecule has 0 spiro atoms. The second-order valence-electron chi connectivity index (χ2n) is 5.55. The Morgan fingerprint density at radius 2 is 1.86 bits per heavy atom. The summed E-state index contributed by atoms with van der Waals surface area (Å²) in [4.78, 5) is 16.8. The largest absolute Gasteiger partial charge is 0.337 e. The SMILES string of the molecule is CCN(CC)Cc1ccc(C(=O)N2CCCNCC2)cc1. The standard InChI is InChI=1S/C17H27N3O/c1-3-19(4-2)14-15-6-8-16(9-7-15)17(21)20-12-5-10-18-11-13-20/h6-9,18H,3-5,10-14H2,1-2H3. The van der Waals surface area contributed by atoms with E-state index in [-0.39, 0.29) is 5.91 Å². The number of nitrogens with one attached hydrogen (secondary N) is 1. The van der Waals surface area contributed by atoms with Crippen LogP contribution in [0.1, 0.15) is 36.2 Å². The van der Waals surface area contributed by atoms with Crippen molar-refractivity contribution in [1.29, 1.82) is 0 Å². The Hall–Kier alpha value is -1.39. The van der Waals surface area contributed by atoms with Gasteiger partial charge in [0.2, 0.25) is 0 Å². The third-order valence-corrected chi connectivity index (χ3v) is 4.13. The summed E-state index contributed by atoms with van der Waals surface area (Å²) in [5.41, 5.74) is 2.08. The fourth-order valence-corrected chi connectivity index (χ4v) is 2.69. The summed E-state index contributed by atoms with van der Waals surface area (Å²) in [6.07, 6.45) is 1.03. The molecule has 0 bridgehead atoms. The summed E-state index contributed by atoms with van der Waals surface area (Å²) in [6.45, 7) is 11.0. The highest BCUT2D eigenvalue weighted by molar-refractivity contribution is 5.94. The zero-order chi connectivity index (χ0) is 15.1. The van der Waals surface area contributed by atoms with Gasteiger partial charge in [0, 0.05) is 31.7 Å². The van der Waals surface area contributed by atoms with Crippen LogP contribution in [0.4, 0.5) is 0 Å². The molecule has 21 heavy (non-hydrogen) atoms. The van der Waals surface area contributed by atoms with E-state index < -0.39 is 0 Å². The highest BCUT2D eigenvalue weighted by atomic mass is 16.2. The van der Waals surface area contributed by atoms with Crippen molar-refractivity contribution in [2.24, 2.45) is 0 Å². The molecule has 0 aliphatic carbocycles. The van der Waals surface area contributed by atoms with Crippen LogP contribution in [-0.2, 0) is 6.54 Å². The topological polar surface area (TPSA) is 35.6 Å². The summed E-state index contributed by atoms with van der Waals surface area (Å²) in [5.74, 6) is 0.160. The van der Waals surface area contributed by atoms with Gasteiger partial charge in [0.05, 0.1) is 0 Å². The molecule has 1 aromatic carbocycles. The first-order valence-corrected chi connectivity index (χ1v) is 8.06. The van der Waals surface area contributed by atoms with E-state index in [1.165, 1.54) is 5.56 Å². The number of hydrogen-bond donors (Lipinski definition) is 1. The van der Waals surface area contributed by atoms with Crippen LogP contribution in [0.3, 0.4) is 0 Å². The number of benzene rings is 1. The van der Waals surface area contributed by atoms with Gasteiger partial charge in [-0.1, -0.05) is 26.0 Å². The molecule has 4 heteroatoms. The minimum absolute atomic E-state index is 0.160. The summed E-state index contributed by atoms with van der Waals surface area (Å²) in [5, 5.41) is 3.33. The van der Waals surface area contributed by atoms with E-state index >= 15 is 0 Å². The maximum Gasteiger partial charge on any atom is 0.253 e. The van der Waals surface area contributed by atoms with E-state index in [1.807, 2.05) is 17.0 Å². The average Bonchev–Trinajstić information content (AvgIpc) is 2.81. The van der Waals surface area contributed by atoms with Gasteiger partial charge in [0.15, 0.2) is 0 Å². The minimum atomic E-state index is 0.160. The lowest BCUT2D eigenvalue weighted by Crippen LogP contribution is -2.34. The molecule has 0 aromatic heterocycles. The van der Waals surface area contributed by atoms with E-state index in [9.17, 15) is 4.79 Å². The molecule has 0 saturated carbocycles. The predicted octanol–water partition coefficient (Wildman–Crippen LogP) is 1.96. The number of carbonyl (C=O) groups excluding carboxylic acids is 1. The fourth-order valence-electron chi connectivity index (χ4n) is 2.69. The van der Waals surface area contributed by atoms with Crippen molar-refractivity contribution in [2.75, 3.05) is 39.3 Å². The predicted molar refractivity (Wildman–Crippen MR) is 86.5 cm³/mol. The molecule has 116 valence electrons.